The van der Waals surface area contributed by atoms with E-state index < -0.39 is 0 Å². The third-order valence-electron chi connectivity index (χ3n) is 4.63. The molecule has 1 unspecified atom stereocenters. The quantitative estimate of drug-likeness (QED) is 0.640. The van der Waals surface area contributed by atoms with Crippen molar-refractivity contribution in [1.82, 2.24) is 19.6 Å². The summed E-state index contributed by atoms with van der Waals surface area (Å²) < 4.78 is 16.0. The SMILES string of the molecule is CCCC(C)c1cnn2c(Nc3c(Cl)cc(C)c(F)c3C)nc(C)nc12. The highest BCUT2D eigenvalue weighted by atomic mass is 35.5. The van der Waals surface area contributed by atoms with Gasteiger partial charge in [0.15, 0.2) is 5.65 Å². The monoisotopic (exact) mass is 375 g/mol. The average Bonchev–Trinajstić information content (AvgIpc) is 3.00. The second kappa shape index (κ2) is 7.19. The van der Waals surface area contributed by atoms with Crippen LogP contribution in [-0.4, -0.2) is 19.6 Å². The van der Waals surface area contributed by atoms with Crippen molar-refractivity contribution >= 4 is 28.9 Å². The van der Waals surface area contributed by atoms with Gasteiger partial charge in [-0.05, 0) is 44.7 Å². The Bertz CT molecular complexity index is 966. The Morgan fingerprint density at radius 3 is 2.69 bits per heavy atom. The van der Waals surface area contributed by atoms with E-state index in [-0.39, 0.29) is 5.82 Å². The zero-order valence-electron chi connectivity index (χ0n) is 15.7. The van der Waals surface area contributed by atoms with Crippen molar-refractivity contribution in [2.24, 2.45) is 0 Å². The molecule has 0 radical (unpaired) electrons. The summed E-state index contributed by atoms with van der Waals surface area (Å²) in [6.07, 6.45) is 3.98. The van der Waals surface area contributed by atoms with Crippen molar-refractivity contribution in [2.75, 3.05) is 5.32 Å². The van der Waals surface area contributed by atoms with E-state index in [0.29, 0.717) is 39.5 Å². The minimum absolute atomic E-state index is 0.281. The van der Waals surface area contributed by atoms with Gasteiger partial charge in [0.25, 0.3) is 0 Å². The molecule has 1 N–H and O–H groups in total. The standard InChI is InChI=1S/C19H23ClFN5/c1-6-7-10(2)14-9-22-26-18(14)23-13(5)24-19(26)25-17-12(4)16(21)11(3)8-15(17)20/h8-10H,6-7H2,1-5H3,(H,23,24,25). The second-order valence-corrected chi connectivity index (χ2v) is 7.14. The molecule has 1 aromatic carbocycles. The molecule has 138 valence electrons. The van der Waals surface area contributed by atoms with Crippen LogP contribution in [0.2, 0.25) is 5.02 Å². The Labute approximate surface area is 157 Å². The number of hydrogen-bond acceptors (Lipinski definition) is 4. The van der Waals surface area contributed by atoms with Crippen molar-refractivity contribution in [3.8, 4) is 0 Å². The zero-order valence-corrected chi connectivity index (χ0v) is 16.4. The van der Waals surface area contributed by atoms with Crippen LogP contribution in [0.3, 0.4) is 0 Å². The summed E-state index contributed by atoms with van der Waals surface area (Å²) in [5.74, 6) is 1.15. The van der Waals surface area contributed by atoms with Gasteiger partial charge in [-0.25, -0.2) is 9.37 Å². The highest BCUT2D eigenvalue weighted by Crippen LogP contribution is 2.33. The van der Waals surface area contributed by atoms with E-state index in [1.54, 1.807) is 24.4 Å². The van der Waals surface area contributed by atoms with Crippen molar-refractivity contribution in [3.63, 3.8) is 0 Å². The first-order valence-corrected chi connectivity index (χ1v) is 9.15. The van der Waals surface area contributed by atoms with Crippen LogP contribution in [0.4, 0.5) is 16.0 Å². The van der Waals surface area contributed by atoms with Gasteiger partial charge in [-0.15, -0.1) is 0 Å². The molecule has 2 aromatic heterocycles. The van der Waals surface area contributed by atoms with Crippen LogP contribution >= 0.6 is 11.6 Å². The number of halogens is 2. The van der Waals surface area contributed by atoms with Crippen molar-refractivity contribution in [2.45, 2.75) is 53.4 Å². The van der Waals surface area contributed by atoms with E-state index in [1.807, 2.05) is 13.1 Å². The largest absolute Gasteiger partial charge is 0.322 e. The molecule has 26 heavy (non-hydrogen) atoms. The fraction of sp³-hybridized carbons (Fsp3) is 0.421. The molecule has 1 atom stereocenters. The van der Waals surface area contributed by atoms with Crippen molar-refractivity contribution < 1.29 is 4.39 Å². The smallest absolute Gasteiger partial charge is 0.232 e. The average molecular weight is 376 g/mol. The molecule has 0 aliphatic heterocycles. The van der Waals surface area contributed by atoms with Crippen LogP contribution < -0.4 is 5.32 Å². The molecule has 0 bridgehead atoms. The summed E-state index contributed by atoms with van der Waals surface area (Å²) in [7, 11) is 0. The van der Waals surface area contributed by atoms with Gasteiger partial charge in [0, 0.05) is 11.1 Å². The summed E-state index contributed by atoms with van der Waals surface area (Å²) in [6, 6.07) is 1.61. The summed E-state index contributed by atoms with van der Waals surface area (Å²) in [5, 5.41) is 8.05. The minimum atomic E-state index is -0.281. The van der Waals surface area contributed by atoms with E-state index in [0.717, 1.165) is 24.1 Å². The molecule has 0 amide bonds. The Morgan fingerprint density at radius 2 is 2.00 bits per heavy atom. The molecule has 5 nitrogen and oxygen atoms in total. The van der Waals surface area contributed by atoms with Gasteiger partial charge in [0.05, 0.1) is 16.9 Å². The first-order chi connectivity index (χ1) is 12.3. The highest BCUT2D eigenvalue weighted by Gasteiger charge is 2.18. The van der Waals surface area contributed by atoms with Gasteiger partial charge in [-0.2, -0.15) is 14.6 Å². The van der Waals surface area contributed by atoms with E-state index in [9.17, 15) is 4.39 Å². The van der Waals surface area contributed by atoms with E-state index in [1.165, 1.54) is 0 Å². The Hall–Kier alpha value is -2.21. The molecular formula is C19H23ClFN5. The lowest BCUT2D eigenvalue weighted by molar-refractivity contribution is 0.610. The number of benzene rings is 1. The first kappa shape index (κ1) is 18.6. The lowest BCUT2D eigenvalue weighted by Crippen LogP contribution is -2.09. The van der Waals surface area contributed by atoms with E-state index >= 15 is 0 Å². The van der Waals surface area contributed by atoms with Gasteiger partial charge in [0.1, 0.15) is 11.6 Å². The van der Waals surface area contributed by atoms with Crippen LogP contribution in [0.1, 0.15) is 55.1 Å². The maximum Gasteiger partial charge on any atom is 0.232 e. The third kappa shape index (κ3) is 3.26. The fourth-order valence-electron chi connectivity index (χ4n) is 3.19. The summed E-state index contributed by atoms with van der Waals surface area (Å²) in [5.41, 5.74) is 3.30. The number of nitrogens with one attached hydrogen (secondary N) is 1. The summed E-state index contributed by atoms with van der Waals surface area (Å²) in [6.45, 7) is 9.55. The van der Waals surface area contributed by atoms with Crippen molar-refractivity contribution in [3.05, 3.63) is 45.6 Å². The molecule has 7 heteroatoms. The predicted octanol–water partition coefficient (Wildman–Crippen LogP) is 5.49. The number of aryl methyl sites for hydroxylation is 2. The normalized spacial score (nSPS) is 12.6. The summed E-state index contributed by atoms with van der Waals surface area (Å²) in [4.78, 5) is 9.01. The molecule has 0 aliphatic carbocycles. The third-order valence-corrected chi connectivity index (χ3v) is 4.93. The van der Waals surface area contributed by atoms with Crippen LogP contribution in [0.25, 0.3) is 5.65 Å². The maximum absolute atomic E-state index is 14.3. The highest BCUT2D eigenvalue weighted by molar-refractivity contribution is 6.33. The Balaban J connectivity index is 2.11. The molecule has 3 aromatic rings. The molecule has 2 heterocycles. The van der Waals surface area contributed by atoms with Gasteiger partial charge in [0.2, 0.25) is 5.95 Å². The van der Waals surface area contributed by atoms with Gasteiger partial charge >= 0.3 is 0 Å². The van der Waals surface area contributed by atoms with E-state index in [4.69, 9.17) is 11.6 Å². The number of rotatable bonds is 5. The van der Waals surface area contributed by atoms with Crippen molar-refractivity contribution in [1.29, 1.82) is 0 Å². The Morgan fingerprint density at radius 1 is 1.27 bits per heavy atom. The van der Waals surface area contributed by atoms with Crippen LogP contribution in [-0.2, 0) is 0 Å². The van der Waals surface area contributed by atoms with Gasteiger partial charge < -0.3 is 5.32 Å². The minimum Gasteiger partial charge on any atom is -0.322 e. The number of nitrogens with zero attached hydrogens (tertiary/aromatic N) is 4. The number of aromatic nitrogens is 4. The lowest BCUT2D eigenvalue weighted by Gasteiger charge is -2.14. The van der Waals surface area contributed by atoms with E-state index in [2.05, 4.69) is 34.2 Å². The number of fused-ring (bicyclic) bond motifs is 1. The predicted molar refractivity (Wildman–Crippen MR) is 103 cm³/mol. The molecule has 0 aliphatic rings. The summed E-state index contributed by atoms with van der Waals surface area (Å²) >= 11 is 6.34. The van der Waals surface area contributed by atoms with Crippen LogP contribution in [0, 0.1) is 26.6 Å². The fourth-order valence-corrected chi connectivity index (χ4v) is 3.55. The zero-order chi connectivity index (χ0) is 19.0. The Kier molecular flexibility index (Phi) is 5.14. The molecule has 3 rings (SSSR count). The molecular weight excluding hydrogens is 353 g/mol. The molecule has 0 spiro atoms. The molecule has 0 saturated heterocycles. The van der Waals surface area contributed by atoms with Crippen LogP contribution in [0.15, 0.2) is 12.3 Å². The van der Waals surface area contributed by atoms with Gasteiger partial charge in [-0.3, -0.25) is 0 Å². The molecule has 0 fully saturated rings. The van der Waals surface area contributed by atoms with Crippen LogP contribution in [0.5, 0.6) is 0 Å². The maximum atomic E-state index is 14.3. The second-order valence-electron chi connectivity index (χ2n) is 6.73. The van der Waals surface area contributed by atoms with Gasteiger partial charge in [-0.1, -0.05) is 31.9 Å². The lowest BCUT2D eigenvalue weighted by atomic mass is 9.99. The first-order valence-electron chi connectivity index (χ1n) is 8.78. The topological polar surface area (TPSA) is 55.1 Å². The molecule has 0 saturated carbocycles. The number of anilines is 2. The number of hydrogen-bond donors (Lipinski definition) is 1.